The second-order valence-electron chi connectivity index (χ2n) is 3.60. The van der Waals surface area contributed by atoms with Gasteiger partial charge in [-0.1, -0.05) is 19.4 Å². The van der Waals surface area contributed by atoms with E-state index in [1.807, 2.05) is 0 Å². The van der Waals surface area contributed by atoms with Gasteiger partial charge in [0, 0.05) is 11.6 Å². The first-order chi connectivity index (χ1) is 6.16. The lowest BCUT2D eigenvalue weighted by molar-refractivity contribution is -0.148. The highest BCUT2D eigenvalue weighted by molar-refractivity contribution is 5.73. The van der Waals surface area contributed by atoms with Gasteiger partial charge in [-0.15, -0.1) is 0 Å². The van der Waals surface area contributed by atoms with Crippen LogP contribution in [0.5, 0.6) is 0 Å². The van der Waals surface area contributed by atoms with Gasteiger partial charge in [-0.3, -0.25) is 4.79 Å². The molecule has 0 aromatic carbocycles. The van der Waals surface area contributed by atoms with Crippen molar-refractivity contribution < 1.29 is 9.53 Å². The summed E-state index contributed by atoms with van der Waals surface area (Å²) < 4.78 is 4.73. The Labute approximate surface area is 78.9 Å². The summed E-state index contributed by atoms with van der Waals surface area (Å²) in [6.45, 7) is 3.72. The second kappa shape index (κ2) is 4.30. The van der Waals surface area contributed by atoms with Gasteiger partial charge in [0.05, 0.1) is 13.0 Å². The first-order valence-electron chi connectivity index (χ1n) is 4.69. The van der Waals surface area contributed by atoms with E-state index < -0.39 is 0 Å². The molecule has 0 spiro atoms. The zero-order valence-corrected chi connectivity index (χ0v) is 8.08. The lowest BCUT2D eigenvalue weighted by Gasteiger charge is -2.29. The van der Waals surface area contributed by atoms with Crippen molar-refractivity contribution in [1.29, 1.82) is 0 Å². The van der Waals surface area contributed by atoms with Crippen molar-refractivity contribution in [2.24, 2.45) is 17.6 Å². The Bertz CT molecular complexity index is 213. The predicted octanol–water partition coefficient (Wildman–Crippen LogP) is 1.44. The SMILES string of the molecule is C=C(N)C1CCCC[C@@H]1C(=O)OC. The van der Waals surface area contributed by atoms with Crippen molar-refractivity contribution in [2.75, 3.05) is 7.11 Å². The highest BCUT2D eigenvalue weighted by atomic mass is 16.5. The fraction of sp³-hybridized carbons (Fsp3) is 0.700. The zero-order valence-electron chi connectivity index (χ0n) is 8.08. The Morgan fingerprint density at radius 2 is 1.92 bits per heavy atom. The Morgan fingerprint density at radius 1 is 1.38 bits per heavy atom. The van der Waals surface area contributed by atoms with Crippen LogP contribution in [0.1, 0.15) is 25.7 Å². The third kappa shape index (κ3) is 2.23. The van der Waals surface area contributed by atoms with E-state index >= 15 is 0 Å². The van der Waals surface area contributed by atoms with Gasteiger partial charge in [0.25, 0.3) is 0 Å². The zero-order chi connectivity index (χ0) is 9.84. The van der Waals surface area contributed by atoms with Gasteiger partial charge in [0.2, 0.25) is 0 Å². The Balaban J connectivity index is 2.67. The van der Waals surface area contributed by atoms with Crippen LogP contribution < -0.4 is 5.73 Å². The van der Waals surface area contributed by atoms with Gasteiger partial charge in [-0.25, -0.2) is 0 Å². The molecule has 1 aliphatic rings. The summed E-state index contributed by atoms with van der Waals surface area (Å²) in [5.41, 5.74) is 6.27. The van der Waals surface area contributed by atoms with Crippen molar-refractivity contribution in [1.82, 2.24) is 0 Å². The van der Waals surface area contributed by atoms with Gasteiger partial charge in [0.15, 0.2) is 0 Å². The summed E-state index contributed by atoms with van der Waals surface area (Å²) in [6.07, 6.45) is 4.07. The van der Waals surface area contributed by atoms with E-state index in [2.05, 4.69) is 6.58 Å². The molecule has 1 saturated carbocycles. The highest BCUT2D eigenvalue weighted by Gasteiger charge is 2.32. The molecule has 1 aliphatic carbocycles. The van der Waals surface area contributed by atoms with Crippen molar-refractivity contribution in [3.05, 3.63) is 12.3 Å². The molecule has 0 heterocycles. The fourth-order valence-electron chi connectivity index (χ4n) is 2.01. The molecule has 0 radical (unpaired) electrons. The maximum absolute atomic E-state index is 11.4. The number of carbonyl (C=O) groups is 1. The molecule has 0 bridgehead atoms. The van der Waals surface area contributed by atoms with Crippen LogP contribution in [0.3, 0.4) is 0 Å². The number of allylic oxidation sites excluding steroid dienone is 1. The molecule has 0 saturated heterocycles. The van der Waals surface area contributed by atoms with E-state index in [1.165, 1.54) is 7.11 Å². The number of nitrogens with two attached hydrogens (primary N) is 1. The standard InChI is InChI=1S/C10H17NO2/c1-7(11)8-5-3-4-6-9(8)10(12)13-2/h8-9H,1,3-6,11H2,2H3/t8?,9-/m0/s1. The molecule has 0 aliphatic heterocycles. The summed E-state index contributed by atoms with van der Waals surface area (Å²) in [5, 5.41) is 0. The van der Waals surface area contributed by atoms with E-state index in [-0.39, 0.29) is 17.8 Å². The smallest absolute Gasteiger partial charge is 0.309 e. The Kier molecular flexibility index (Phi) is 3.34. The average molecular weight is 183 g/mol. The van der Waals surface area contributed by atoms with Crippen molar-refractivity contribution >= 4 is 5.97 Å². The van der Waals surface area contributed by atoms with E-state index in [9.17, 15) is 4.79 Å². The van der Waals surface area contributed by atoms with Gasteiger partial charge in [-0.2, -0.15) is 0 Å². The molecule has 3 heteroatoms. The van der Waals surface area contributed by atoms with Crippen LogP contribution in [0.4, 0.5) is 0 Å². The number of hydrogen-bond acceptors (Lipinski definition) is 3. The largest absolute Gasteiger partial charge is 0.469 e. The first-order valence-corrected chi connectivity index (χ1v) is 4.69. The average Bonchev–Trinajstić information content (AvgIpc) is 2.16. The number of rotatable bonds is 2. The van der Waals surface area contributed by atoms with Crippen LogP contribution in [-0.4, -0.2) is 13.1 Å². The van der Waals surface area contributed by atoms with Gasteiger partial charge in [-0.05, 0) is 12.8 Å². The minimum absolute atomic E-state index is 0.0590. The summed E-state index contributed by atoms with van der Waals surface area (Å²) in [7, 11) is 1.42. The molecule has 0 amide bonds. The normalized spacial score (nSPS) is 28.1. The monoisotopic (exact) mass is 183 g/mol. The topological polar surface area (TPSA) is 52.3 Å². The number of esters is 1. The number of carbonyl (C=O) groups excluding carboxylic acids is 1. The van der Waals surface area contributed by atoms with Crippen LogP contribution in [0, 0.1) is 11.8 Å². The third-order valence-electron chi connectivity index (χ3n) is 2.75. The molecule has 1 rings (SSSR count). The third-order valence-corrected chi connectivity index (χ3v) is 2.75. The minimum atomic E-state index is -0.142. The van der Waals surface area contributed by atoms with E-state index in [1.54, 1.807) is 0 Å². The molecule has 2 N–H and O–H groups in total. The first kappa shape index (κ1) is 10.1. The van der Waals surface area contributed by atoms with Crippen LogP contribution in [0.2, 0.25) is 0 Å². The van der Waals surface area contributed by atoms with Crippen LogP contribution in [-0.2, 0) is 9.53 Å². The molecule has 1 unspecified atom stereocenters. The van der Waals surface area contributed by atoms with E-state index in [0.717, 1.165) is 25.7 Å². The van der Waals surface area contributed by atoms with Gasteiger partial charge >= 0.3 is 5.97 Å². The molecule has 74 valence electrons. The van der Waals surface area contributed by atoms with E-state index in [0.29, 0.717) is 5.70 Å². The van der Waals surface area contributed by atoms with Crippen molar-refractivity contribution in [3.63, 3.8) is 0 Å². The Hall–Kier alpha value is -0.990. The minimum Gasteiger partial charge on any atom is -0.469 e. The number of hydrogen-bond donors (Lipinski definition) is 1. The maximum atomic E-state index is 11.4. The fourth-order valence-corrected chi connectivity index (χ4v) is 2.01. The second-order valence-corrected chi connectivity index (χ2v) is 3.60. The predicted molar refractivity (Wildman–Crippen MR) is 50.8 cm³/mol. The number of methoxy groups -OCH3 is 1. The highest BCUT2D eigenvalue weighted by Crippen LogP contribution is 2.33. The van der Waals surface area contributed by atoms with Crippen LogP contribution >= 0.6 is 0 Å². The quantitative estimate of drug-likeness (QED) is 0.659. The lowest BCUT2D eigenvalue weighted by Crippen LogP contribution is -2.31. The molecule has 13 heavy (non-hydrogen) atoms. The summed E-state index contributed by atoms with van der Waals surface area (Å²) in [6, 6.07) is 0. The molecule has 1 fully saturated rings. The van der Waals surface area contributed by atoms with E-state index in [4.69, 9.17) is 10.5 Å². The molecular weight excluding hydrogens is 166 g/mol. The van der Waals surface area contributed by atoms with Crippen LogP contribution in [0.25, 0.3) is 0 Å². The van der Waals surface area contributed by atoms with Crippen LogP contribution in [0.15, 0.2) is 12.3 Å². The van der Waals surface area contributed by atoms with Crippen molar-refractivity contribution in [2.45, 2.75) is 25.7 Å². The molecule has 2 atom stereocenters. The van der Waals surface area contributed by atoms with Crippen molar-refractivity contribution in [3.8, 4) is 0 Å². The molecule has 0 aromatic heterocycles. The Morgan fingerprint density at radius 3 is 2.38 bits per heavy atom. The summed E-state index contributed by atoms with van der Waals surface area (Å²) >= 11 is 0. The number of ether oxygens (including phenoxy) is 1. The summed E-state index contributed by atoms with van der Waals surface area (Å²) in [5.74, 6) is -0.0752. The molecule has 3 nitrogen and oxygen atoms in total. The molecular formula is C10H17NO2. The maximum Gasteiger partial charge on any atom is 0.309 e. The van der Waals surface area contributed by atoms with Gasteiger partial charge < -0.3 is 10.5 Å². The molecule has 0 aromatic rings. The lowest BCUT2D eigenvalue weighted by atomic mass is 9.78. The van der Waals surface area contributed by atoms with Gasteiger partial charge in [0.1, 0.15) is 0 Å². The summed E-state index contributed by atoms with van der Waals surface area (Å²) in [4.78, 5) is 11.4.